The summed E-state index contributed by atoms with van der Waals surface area (Å²) in [5, 5.41) is 20.7. The van der Waals surface area contributed by atoms with Crippen LogP contribution in [0.25, 0.3) is 17.2 Å². The van der Waals surface area contributed by atoms with Crippen molar-refractivity contribution in [1.82, 2.24) is 14.7 Å². The smallest absolute Gasteiger partial charge is 0.422 e. The molecule has 4 rings (SSSR count). The second-order valence-corrected chi connectivity index (χ2v) is 14.8. The van der Waals surface area contributed by atoms with Gasteiger partial charge in [-0.1, -0.05) is 73.6 Å². The first-order valence-electron chi connectivity index (χ1n) is 16.9. The van der Waals surface area contributed by atoms with Crippen LogP contribution in [0.5, 0.6) is 0 Å². The molecule has 0 bridgehead atoms. The summed E-state index contributed by atoms with van der Waals surface area (Å²) < 4.78 is 0. The zero-order valence-electron chi connectivity index (χ0n) is 29.6. The van der Waals surface area contributed by atoms with Crippen LogP contribution in [-0.2, 0) is 4.79 Å². The van der Waals surface area contributed by atoms with Crippen molar-refractivity contribution in [3.63, 3.8) is 0 Å². The van der Waals surface area contributed by atoms with Crippen LogP contribution in [0, 0.1) is 16.2 Å². The van der Waals surface area contributed by atoms with Gasteiger partial charge in [0.15, 0.2) is 0 Å². The van der Waals surface area contributed by atoms with Crippen molar-refractivity contribution >= 4 is 41.6 Å². The Kier molecular flexibility index (Phi) is 10.6. The molecule has 1 fully saturated rings. The van der Waals surface area contributed by atoms with Gasteiger partial charge >= 0.3 is 12.2 Å². The summed E-state index contributed by atoms with van der Waals surface area (Å²) in [6.07, 6.45) is 1.84. The van der Waals surface area contributed by atoms with E-state index >= 15 is 0 Å². The van der Waals surface area contributed by atoms with E-state index in [1.165, 1.54) is 0 Å². The lowest BCUT2D eigenvalue weighted by molar-refractivity contribution is -0.130. The maximum Gasteiger partial charge on any atom is 0.422 e. The number of imide groups is 1. The minimum absolute atomic E-state index is 0.0137. The molecule has 0 radical (unpaired) electrons. The van der Waals surface area contributed by atoms with Crippen LogP contribution >= 0.6 is 0 Å². The second-order valence-electron chi connectivity index (χ2n) is 14.8. The molecule has 0 spiro atoms. The molecule has 2 N–H and O–H groups in total. The molecular weight excluding hydrogens is 608 g/mol. The summed E-state index contributed by atoms with van der Waals surface area (Å²) >= 11 is 0. The van der Waals surface area contributed by atoms with Gasteiger partial charge in [-0.3, -0.25) is 9.59 Å². The van der Waals surface area contributed by atoms with Crippen molar-refractivity contribution in [2.45, 2.75) is 81.1 Å². The van der Waals surface area contributed by atoms with Crippen LogP contribution in [-0.4, -0.2) is 80.9 Å². The molecule has 48 heavy (non-hydrogen) atoms. The number of likely N-dealkylation sites (tertiary alicyclic amines) is 1. The van der Waals surface area contributed by atoms with Gasteiger partial charge in [0, 0.05) is 42.9 Å². The maximum absolute atomic E-state index is 14.9. The molecule has 2 heterocycles. The van der Waals surface area contributed by atoms with Crippen molar-refractivity contribution in [3.05, 3.63) is 59.2 Å². The molecule has 4 amide bonds. The predicted molar refractivity (Wildman–Crippen MR) is 188 cm³/mol. The molecule has 0 atom stereocenters. The number of hydrogen-bond donors (Lipinski definition) is 2. The van der Waals surface area contributed by atoms with E-state index in [4.69, 9.17) is 4.99 Å². The Balaban J connectivity index is 2.03. The van der Waals surface area contributed by atoms with E-state index in [-0.39, 0.29) is 28.1 Å². The Labute approximate surface area is 284 Å². The number of aliphatic imine (C=N–C) groups is 1. The summed E-state index contributed by atoms with van der Waals surface area (Å²) in [4.78, 5) is 62.1. The number of nitrogens with zero attached hydrogens (tertiary/aromatic N) is 4. The fourth-order valence-electron chi connectivity index (χ4n) is 7.77. The number of benzene rings is 2. The number of fused-ring (bicyclic) bond motifs is 1. The van der Waals surface area contributed by atoms with E-state index in [0.29, 0.717) is 42.7 Å². The SMILES string of the molecule is CCCN(CCC)C(=O)C1=Cc2cc(-c3ccc(C(=O)N4CCCC4)cc3)ccc2N=C(N(C(=O)O)C(=O)O)C1(C(C)(C)C)C(C)(C)C. The van der Waals surface area contributed by atoms with Crippen molar-refractivity contribution in [2.75, 3.05) is 26.2 Å². The first kappa shape index (κ1) is 36.4. The van der Waals surface area contributed by atoms with E-state index < -0.39 is 28.4 Å². The number of carbonyl (C=O) groups excluding carboxylic acids is 2. The summed E-state index contributed by atoms with van der Waals surface area (Å²) in [6.45, 7) is 17.9. The van der Waals surface area contributed by atoms with Crippen LogP contribution < -0.4 is 0 Å². The largest absolute Gasteiger partial charge is 0.464 e. The second kappa shape index (κ2) is 13.9. The van der Waals surface area contributed by atoms with Crippen LogP contribution in [0.4, 0.5) is 15.3 Å². The molecule has 0 aromatic heterocycles. The maximum atomic E-state index is 14.9. The van der Waals surface area contributed by atoms with Gasteiger partial charge in [-0.2, -0.15) is 4.90 Å². The molecule has 258 valence electrons. The Morgan fingerprint density at radius 1 is 0.812 bits per heavy atom. The summed E-state index contributed by atoms with van der Waals surface area (Å²) in [5.74, 6) is -0.499. The van der Waals surface area contributed by atoms with Gasteiger partial charge in [-0.15, -0.1) is 0 Å². The monoisotopic (exact) mass is 658 g/mol. The number of hydrogen-bond acceptors (Lipinski definition) is 5. The highest BCUT2D eigenvalue weighted by Crippen LogP contribution is 2.60. The van der Waals surface area contributed by atoms with Gasteiger partial charge in [0.25, 0.3) is 11.8 Å². The van der Waals surface area contributed by atoms with Gasteiger partial charge in [-0.05, 0) is 78.0 Å². The minimum atomic E-state index is -1.70. The molecule has 0 unspecified atom stereocenters. The summed E-state index contributed by atoms with van der Waals surface area (Å²) in [7, 11) is 0. The number of carbonyl (C=O) groups is 4. The third kappa shape index (κ3) is 6.62. The third-order valence-electron chi connectivity index (χ3n) is 9.50. The van der Waals surface area contributed by atoms with Crippen molar-refractivity contribution in [3.8, 4) is 11.1 Å². The molecule has 10 nitrogen and oxygen atoms in total. The number of carboxylic acid groups (broad SMARTS) is 2. The van der Waals surface area contributed by atoms with E-state index in [0.717, 1.165) is 37.1 Å². The summed E-state index contributed by atoms with van der Waals surface area (Å²) in [6, 6.07) is 12.9. The lowest BCUT2D eigenvalue weighted by atomic mass is 9.49. The van der Waals surface area contributed by atoms with Crippen LogP contribution in [0.2, 0.25) is 0 Å². The van der Waals surface area contributed by atoms with Crippen molar-refractivity contribution < 1.29 is 29.4 Å². The molecule has 1 saturated heterocycles. The van der Waals surface area contributed by atoms with Crippen LogP contribution in [0.1, 0.15) is 97.0 Å². The number of rotatable bonds is 7. The van der Waals surface area contributed by atoms with Gasteiger partial charge in [0.1, 0.15) is 5.84 Å². The topological polar surface area (TPSA) is 131 Å². The van der Waals surface area contributed by atoms with E-state index in [1.54, 1.807) is 17.0 Å². The predicted octanol–water partition coefficient (Wildman–Crippen LogP) is 8.40. The highest BCUT2D eigenvalue weighted by molar-refractivity contribution is 6.18. The standard InChI is InChI=1S/C38H50N4O6/c1-9-19-40(20-10-2)32(44)29-24-28-23-27(25-13-15-26(16-14-25)31(43)41-21-11-12-22-41)17-18-30(28)39-33(42(34(45)46)35(47)48)38(29,36(3,4)5)37(6,7)8/h13-18,23-24H,9-12,19-22H2,1-8H3,(H,45,46)(H,47,48). The van der Waals surface area contributed by atoms with Crippen LogP contribution in [0.3, 0.4) is 0 Å². The van der Waals surface area contributed by atoms with Gasteiger partial charge in [0.2, 0.25) is 0 Å². The van der Waals surface area contributed by atoms with Crippen molar-refractivity contribution in [1.29, 1.82) is 0 Å². The van der Waals surface area contributed by atoms with Crippen molar-refractivity contribution in [2.24, 2.45) is 21.2 Å². The zero-order valence-corrected chi connectivity index (χ0v) is 29.6. The Morgan fingerprint density at radius 2 is 1.33 bits per heavy atom. The van der Waals surface area contributed by atoms with Gasteiger partial charge < -0.3 is 20.0 Å². The van der Waals surface area contributed by atoms with Gasteiger partial charge in [-0.25, -0.2) is 14.6 Å². The molecule has 0 aliphatic carbocycles. The lowest BCUT2D eigenvalue weighted by Gasteiger charge is -2.55. The quantitative estimate of drug-likeness (QED) is 0.307. The molecule has 2 aromatic rings. The first-order chi connectivity index (χ1) is 22.5. The summed E-state index contributed by atoms with van der Waals surface area (Å²) in [5.41, 5.74) is 0.211. The average Bonchev–Trinajstić information content (AvgIpc) is 3.49. The van der Waals surface area contributed by atoms with Crippen LogP contribution in [0.15, 0.2) is 53.0 Å². The first-order valence-corrected chi connectivity index (χ1v) is 16.9. The Morgan fingerprint density at radius 3 is 1.81 bits per heavy atom. The highest BCUT2D eigenvalue weighted by Gasteiger charge is 2.62. The molecule has 2 aliphatic heterocycles. The van der Waals surface area contributed by atoms with E-state index in [1.807, 2.05) is 96.7 Å². The molecule has 0 saturated carbocycles. The van der Waals surface area contributed by atoms with E-state index in [9.17, 15) is 29.4 Å². The number of amidine groups is 1. The normalized spacial score (nSPS) is 16.0. The minimum Gasteiger partial charge on any atom is -0.464 e. The average molecular weight is 659 g/mol. The highest BCUT2D eigenvalue weighted by atomic mass is 16.4. The molecule has 10 heteroatoms. The fourth-order valence-corrected chi connectivity index (χ4v) is 7.77. The lowest BCUT2D eigenvalue weighted by Crippen LogP contribution is -2.62. The fraction of sp³-hybridized carbons (Fsp3) is 0.500. The van der Waals surface area contributed by atoms with E-state index in [2.05, 4.69) is 0 Å². The Hall–Kier alpha value is -4.47. The molecule has 2 aliphatic rings. The number of amides is 4. The zero-order chi connectivity index (χ0) is 35.6. The van der Waals surface area contributed by atoms with Gasteiger partial charge in [0.05, 0.1) is 11.1 Å². The molecule has 2 aromatic carbocycles. The molecular formula is C38H50N4O6. The third-order valence-corrected chi connectivity index (χ3v) is 9.50. The Bertz CT molecular complexity index is 1590.